The van der Waals surface area contributed by atoms with E-state index in [0.29, 0.717) is 48.9 Å². The van der Waals surface area contributed by atoms with Gasteiger partial charge in [-0.25, -0.2) is 8.42 Å². The number of rotatable bonds is 3. The molecule has 1 N–H and O–H groups in total. The second-order valence-corrected chi connectivity index (χ2v) is 9.09. The Bertz CT molecular complexity index is 866. The summed E-state index contributed by atoms with van der Waals surface area (Å²) >= 11 is 1.43. The largest absolute Gasteiger partial charge is 0.337 e. The maximum atomic E-state index is 13.0. The van der Waals surface area contributed by atoms with E-state index < -0.39 is 10.0 Å². The van der Waals surface area contributed by atoms with Gasteiger partial charge in [-0.2, -0.15) is 9.40 Å². The second-order valence-electron chi connectivity index (χ2n) is 6.30. The van der Waals surface area contributed by atoms with Crippen molar-refractivity contribution in [3.05, 3.63) is 33.3 Å². The Morgan fingerprint density at radius 3 is 2.56 bits per heavy atom. The van der Waals surface area contributed by atoms with Crippen molar-refractivity contribution >= 4 is 27.3 Å². The SMILES string of the molecule is Cc1csc(C(=O)N2CCCN(S(=O)(=O)c3c(C)n[nH]c3C)CC2)c1. The topological polar surface area (TPSA) is 86.4 Å². The van der Waals surface area contributed by atoms with E-state index in [4.69, 9.17) is 0 Å². The molecule has 0 saturated carbocycles. The first-order valence-electron chi connectivity index (χ1n) is 8.17. The van der Waals surface area contributed by atoms with Gasteiger partial charge in [-0.15, -0.1) is 11.3 Å². The average Bonchev–Trinajstić information content (AvgIpc) is 3.03. The predicted octanol–water partition coefficient (Wildman–Crippen LogP) is 1.93. The third-order valence-corrected chi connectivity index (χ3v) is 7.54. The molecular formula is C16H22N4O3S2. The quantitative estimate of drug-likeness (QED) is 0.879. The Morgan fingerprint density at radius 1 is 1.20 bits per heavy atom. The van der Waals surface area contributed by atoms with E-state index in [1.165, 1.54) is 15.6 Å². The van der Waals surface area contributed by atoms with Gasteiger partial charge in [0.15, 0.2) is 0 Å². The number of aryl methyl sites for hydroxylation is 3. The summed E-state index contributed by atoms with van der Waals surface area (Å²) in [6.45, 7) is 7.00. The van der Waals surface area contributed by atoms with Crippen LogP contribution in [-0.2, 0) is 10.0 Å². The van der Waals surface area contributed by atoms with Crippen molar-refractivity contribution in [1.29, 1.82) is 0 Å². The lowest BCUT2D eigenvalue weighted by atomic mass is 10.3. The van der Waals surface area contributed by atoms with Gasteiger partial charge in [-0.3, -0.25) is 9.89 Å². The normalized spacial score (nSPS) is 16.8. The van der Waals surface area contributed by atoms with Gasteiger partial charge in [-0.05, 0) is 44.2 Å². The fourth-order valence-corrected chi connectivity index (χ4v) is 5.75. The van der Waals surface area contributed by atoms with E-state index in [0.717, 1.165) is 5.56 Å². The number of nitrogens with zero attached hydrogens (tertiary/aromatic N) is 3. The molecule has 0 aliphatic carbocycles. The van der Waals surface area contributed by atoms with Crippen LogP contribution in [0.15, 0.2) is 16.3 Å². The summed E-state index contributed by atoms with van der Waals surface area (Å²) in [5.41, 5.74) is 2.09. The van der Waals surface area contributed by atoms with Gasteiger partial charge < -0.3 is 4.90 Å². The molecule has 0 aromatic carbocycles. The van der Waals surface area contributed by atoms with Gasteiger partial charge in [0.1, 0.15) is 4.90 Å². The van der Waals surface area contributed by atoms with Crippen LogP contribution in [0.1, 0.15) is 33.0 Å². The number of aromatic amines is 1. The zero-order valence-electron chi connectivity index (χ0n) is 14.6. The van der Waals surface area contributed by atoms with Crippen LogP contribution in [0.4, 0.5) is 0 Å². The van der Waals surface area contributed by atoms with E-state index in [-0.39, 0.29) is 10.8 Å². The van der Waals surface area contributed by atoms with E-state index in [1.807, 2.05) is 18.4 Å². The smallest absolute Gasteiger partial charge is 0.263 e. The van der Waals surface area contributed by atoms with Crippen LogP contribution >= 0.6 is 11.3 Å². The third-order valence-electron chi connectivity index (χ3n) is 4.34. The molecule has 0 radical (unpaired) electrons. The maximum absolute atomic E-state index is 13.0. The van der Waals surface area contributed by atoms with Crippen LogP contribution in [-0.4, -0.2) is 59.9 Å². The fourth-order valence-electron chi connectivity index (χ4n) is 3.09. The van der Waals surface area contributed by atoms with E-state index >= 15 is 0 Å². The molecule has 0 atom stereocenters. The summed E-state index contributed by atoms with van der Waals surface area (Å²) < 4.78 is 27.4. The van der Waals surface area contributed by atoms with Crippen molar-refractivity contribution in [2.75, 3.05) is 26.2 Å². The van der Waals surface area contributed by atoms with Crippen LogP contribution in [0.25, 0.3) is 0 Å². The van der Waals surface area contributed by atoms with E-state index in [1.54, 1.807) is 18.7 Å². The highest BCUT2D eigenvalue weighted by molar-refractivity contribution is 7.89. The summed E-state index contributed by atoms with van der Waals surface area (Å²) in [6.07, 6.45) is 0.616. The molecule has 25 heavy (non-hydrogen) atoms. The van der Waals surface area contributed by atoms with Gasteiger partial charge in [0, 0.05) is 26.2 Å². The summed E-state index contributed by atoms with van der Waals surface area (Å²) in [5, 5.41) is 8.67. The average molecular weight is 383 g/mol. The van der Waals surface area contributed by atoms with Crippen molar-refractivity contribution in [3.8, 4) is 0 Å². The summed E-state index contributed by atoms with van der Waals surface area (Å²) in [4.78, 5) is 15.3. The van der Waals surface area contributed by atoms with Gasteiger partial charge in [0.2, 0.25) is 10.0 Å². The number of amides is 1. The van der Waals surface area contributed by atoms with Crippen LogP contribution < -0.4 is 0 Å². The molecule has 2 aromatic rings. The number of hydrogen-bond acceptors (Lipinski definition) is 5. The van der Waals surface area contributed by atoms with Gasteiger partial charge in [0.25, 0.3) is 5.91 Å². The highest BCUT2D eigenvalue weighted by Gasteiger charge is 2.32. The van der Waals surface area contributed by atoms with Crippen LogP contribution in [0.3, 0.4) is 0 Å². The summed E-state index contributed by atoms with van der Waals surface area (Å²) in [7, 11) is -3.61. The molecule has 9 heteroatoms. The number of thiophene rings is 1. The predicted molar refractivity (Wildman–Crippen MR) is 96.4 cm³/mol. The Hall–Kier alpha value is -1.71. The first-order valence-corrected chi connectivity index (χ1v) is 10.5. The zero-order chi connectivity index (χ0) is 18.2. The molecule has 1 saturated heterocycles. The molecule has 1 aliphatic rings. The molecule has 0 bridgehead atoms. The number of hydrogen-bond donors (Lipinski definition) is 1. The molecule has 1 aliphatic heterocycles. The Kier molecular flexibility index (Phi) is 4.99. The molecule has 1 amide bonds. The zero-order valence-corrected chi connectivity index (χ0v) is 16.2. The molecular weight excluding hydrogens is 360 g/mol. The fraction of sp³-hybridized carbons (Fsp3) is 0.500. The van der Waals surface area contributed by atoms with Crippen LogP contribution in [0.2, 0.25) is 0 Å². The van der Waals surface area contributed by atoms with Crippen LogP contribution in [0.5, 0.6) is 0 Å². The minimum absolute atomic E-state index is 0.0204. The number of nitrogens with one attached hydrogen (secondary N) is 1. The molecule has 0 unspecified atom stereocenters. The van der Waals surface area contributed by atoms with Crippen molar-refractivity contribution in [1.82, 2.24) is 19.4 Å². The third kappa shape index (κ3) is 3.49. The Balaban J connectivity index is 1.76. The summed E-state index contributed by atoms with van der Waals surface area (Å²) in [6, 6.07) is 1.88. The van der Waals surface area contributed by atoms with E-state index in [9.17, 15) is 13.2 Å². The highest BCUT2D eigenvalue weighted by atomic mass is 32.2. The van der Waals surface area contributed by atoms with Gasteiger partial charge in [0.05, 0.1) is 16.3 Å². The first kappa shape index (κ1) is 18.1. The number of sulfonamides is 1. The lowest BCUT2D eigenvalue weighted by Gasteiger charge is -2.21. The lowest BCUT2D eigenvalue weighted by Crippen LogP contribution is -2.37. The molecule has 136 valence electrons. The summed E-state index contributed by atoms with van der Waals surface area (Å²) in [5.74, 6) is -0.0204. The number of H-pyrrole nitrogens is 1. The minimum Gasteiger partial charge on any atom is -0.337 e. The van der Waals surface area contributed by atoms with E-state index in [2.05, 4.69) is 10.2 Å². The van der Waals surface area contributed by atoms with Crippen LogP contribution in [0, 0.1) is 20.8 Å². The van der Waals surface area contributed by atoms with Crippen molar-refractivity contribution < 1.29 is 13.2 Å². The van der Waals surface area contributed by atoms with Gasteiger partial charge in [-0.1, -0.05) is 0 Å². The monoisotopic (exact) mass is 382 g/mol. The molecule has 1 fully saturated rings. The first-order chi connectivity index (χ1) is 11.8. The van der Waals surface area contributed by atoms with Crippen molar-refractivity contribution in [2.45, 2.75) is 32.1 Å². The minimum atomic E-state index is -3.61. The molecule has 7 nitrogen and oxygen atoms in total. The molecule has 3 rings (SSSR count). The molecule has 2 aromatic heterocycles. The second kappa shape index (κ2) is 6.89. The lowest BCUT2D eigenvalue weighted by molar-refractivity contribution is 0.0769. The van der Waals surface area contributed by atoms with Crippen molar-refractivity contribution in [3.63, 3.8) is 0 Å². The van der Waals surface area contributed by atoms with Gasteiger partial charge >= 0.3 is 0 Å². The number of aromatic nitrogens is 2. The standard InChI is InChI=1S/C16H22N4O3S2/c1-11-9-14(24-10-11)16(21)19-5-4-6-20(8-7-19)25(22,23)15-12(2)17-18-13(15)3/h9-10H,4-8H2,1-3H3,(H,17,18). The maximum Gasteiger partial charge on any atom is 0.263 e. The number of carbonyl (C=O) groups is 1. The molecule has 3 heterocycles. The Morgan fingerprint density at radius 2 is 1.96 bits per heavy atom. The molecule has 0 spiro atoms. The van der Waals surface area contributed by atoms with Crippen molar-refractivity contribution in [2.24, 2.45) is 0 Å². The Labute approximate surface area is 151 Å². The highest BCUT2D eigenvalue weighted by Crippen LogP contribution is 2.23. The number of carbonyl (C=O) groups excluding carboxylic acids is 1.